The maximum absolute atomic E-state index is 2.24. The van der Waals surface area contributed by atoms with Crippen LogP contribution in [0.4, 0.5) is 0 Å². The van der Waals surface area contributed by atoms with Crippen LogP contribution >= 0.6 is 0 Å². The average molecular weight is 799 g/mol. The molecule has 0 aliphatic carbocycles. The SMILES string of the molecule is CC.CC.CC.CC.CC.CC.CCC.CCC.Cc1cc(C)c(C)cc1C.Cc1ccccc1C.Cc1ccccc1C.Cc1ccccc1C.c1ccccc1. The van der Waals surface area contributed by atoms with Crippen LogP contribution in [0, 0.1) is 69.2 Å². The van der Waals surface area contributed by atoms with Crippen molar-refractivity contribution in [1.82, 2.24) is 0 Å². The van der Waals surface area contributed by atoms with Crippen LogP contribution < -0.4 is 0 Å². The summed E-state index contributed by atoms with van der Waals surface area (Å²) in [6.07, 6.45) is 2.50. The molecule has 5 rings (SSSR count). The first-order valence-corrected chi connectivity index (χ1v) is 23.0. The highest BCUT2D eigenvalue weighted by Crippen LogP contribution is 2.13. The van der Waals surface area contributed by atoms with Gasteiger partial charge in [-0.15, -0.1) is 0 Å². The Labute approximate surface area is 368 Å². The summed E-state index contributed by atoms with van der Waals surface area (Å²) in [7, 11) is 0. The van der Waals surface area contributed by atoms with E-state index in [2.05, 4.69) is 182 Å². The van der Waals surface area contributed by atoms with E-state index >= 15 is 0 Å². The molecule has 58 heavy (non-hydrogen) atoms. The van der Waals surface area contributed by atoms with Crippen molar-refractivity contribution in [2.75, 3.05) is 0 Å². The summed E-state index contributed by atoms with van der Waals surface area (Å²) in [5, 5.41) is 0. The molecule has 334 valence electrons. The first-order chi connectivity index (χ1) is 27.9. The summed E-state index contributed by atoms with van der Waals surface area (Å²) in [4.78, 5) is 0. The monoisotopic (exact) mass is 799 g/mol. The summed E-state index contributed by atoms with van der Waals surface area (Å²) in [5.74, 6) is 0. The van der Waals surface area contributed by atoms with Crippen LogP contribution in [-0.2, 0) is 0 Å². The maximum atomic E-state index is 2.24. The van der Waals surface area contributed by atoms with Crippen LogP contribution in [0.3, 0.4) is 0 Å². The minimum atomic E-state index is 1.25. The Kier molecular flexibility index (Phi) is 77.1. The molecule has 0 aromatic heterocycles. The molecule has 0 amide bonds. The molecule has 0 saturated carbocycles. The molecule has 0 bridgehead atoms. The zero-order valence-corrected chi connectivity index (χ0v) is 44.0. The average Bonchev–Trinajstić information content (AvgIpc) is 3.27. The molecule has 0 saturated heterocycles. The molecule has 0 nitrogen and oxygen atoms in total. The van der Waals surface area contributed by atoms with Crippen LogP contribution in [0.5, 0.6) is 0 Å². The molecule has 0 heteroatoms. The van der Waals surface area contributed by atoms with Gasteiger partial charge in [0.15, 0.2) is 0 Å². The predicted octanol–water partition coefficient (Wildman–Crippen LogP) is 20.5. The van der Waals surface area contributed by atoms with Crippen molar-refractivity contribution in [2.24, 2.45) is 0 Å². The molecule has 0 aliphatic rings. The van der Waals surface area contributed by atoms with Gasteiger partial charge in [0.1, 0.15) is 0 Å². The highest BCUT2D eigenvalue weighted by atomic mass is 14.0. The van der Waals surface area contributed by atoms with E-state index in [1.807, 2.05) is 119 Å². The van der Waals surface area contributed by atoms with Gasteiger partial charge in [-0.05, 0) is 125 Å². The van der Waals surface area contributed by atoms with Crippen molar-refractivity contribution >= 4 is 0 Å². The molecule has 0 fully saturated rings. The molecule has 0 radical (unpaired) electrons. The highest BCUT2D eigenvalue weighted by molar-refractivity contribution is 5.35. The van der Waals surface area contributed by atoms with E-state index < -0.39 is 0 Å². The van der Waals surface area contributed by atoms with Gasteiger partial charge in [-0.25, -0.2) is 0 Å². The van der Waals surface area contributed by atoms with Crippen molar-refractivity contribution in [2.45, 2.75) is 193 Å². The van der Waals surface area contributed by atoms with Crippen molar-refractivity contribution in [3.63, 3.8) is 0 Å². The minimum absolute atomic E-state index is 1.25. The third kappa shape index (κ3) is 52.1. The van der Waals surface area contributed by atoms with Crippen molar-refractivity contribution < 1.29 is 0 Å². The van der Waals surface area contributed by atoms with E-state index in [1.165, 1.54) is 68.5 Å². The van der Waals surface area contributed by atoms with Gasteiger partial charge in [0.25, 0.3) is 0 Å². The Morgan fingerprint density at radius 3 is 0.397 bits per heavy atom. The van der Waals surface area contributed by atoms with Crippen LogP contribution in [0.15, 0.2) is 121 Å². The lowest BCUT2D eigenvalue weighted by Crippen LogP contribution is -1.86. The predicted molar refractivity (Wildman–Crippen MR) is 280 cm³/mol. The van der Waals surface area contributed by atoms with Crippen LogP contribution in [0.25, 0.3) is 0 Å². The van der Waals surface area contributed by atoms with Crippen molar-refractivity contribution in [3.8, 4) is 0 Å². The van der Waals surface area contributed by atoms with Gasteiger partial charge >= 0.3 is 0 Å². The molecule has 5 aromatic carbocycles. The summed E-state index contributed by atoms with van der Waals surface area (Å²) in [6, 6.07) is 41.6. The number of aryl methyl sites for hydroxylation is 10. The van der Waals surface area contributed by atoms with Crippen LogP contribution in [-0.4, -0.2) is 0 Å². The fourth-order valence-corrected chi connectivity index (χ4v) is 3.48. The maximum Gasteiger partial charge on any atom is -0.0395 e. The van der Waals surface area contributed by atoms with Crippen molar-refractivity contribution in [3.05, 3.63) is 177 Å². The van der Waals surface area contributed by atoms with E-state index in [1.54, 1.807) is 0 Å². The summed E-state index contributed by atoms with van der Waals surface area (Å²) >= 11 is 0. The Hall–Kier alpha value is -3.90. The fraction of sp³-hybridized carbons (Fsp3) is 0.483. The van der Waals surface area contributed by atoms with Gasteiger partial charge in [-0.2, -0.15) is 0 Å². The van der Waals surface area contributed by atoms with Gasteiger partial charge in [-0.3, -0.25) is 0 Å². The van der Waals surface area contributed by atoms with Gasteiger partial charge in [-0.1, -0.05) is 245 Å². The Morgan fingerprint density at radius 2 is 0.310 bits per heavy atom. The molecule has 0 spiro atoms. The number of hydrogen-bond acceptors (Lipinski definition) is 0. The second kappa shape index (κ2) is 62.3. The quantitative estimate of drug-likeness (QED) is 0.146. The molecular weight excluding hydrogens is 697 g/mol. The number of benzene rings is 5. The van der Waals surface area contributed by atoms with E-state index in [0.29, 0.717) is 0 Å². The highest BCUT2D eigenvalue weighted by Gasteiger charge is 1.95. The molecule has 0 aliphatic heterocycles. The molecule has 0 unspecified atom stereocenters. The lowest BCUT2D eigenvalue weighted by molar-refractivity contribution is 1.09. The second-order valence-electron chi connectivity index (χ2n) is 11.8. The molecular formula is C58H102. The minimum Gasteiger partial charge on any atom is -0.0683 e. The summed E-state index contributed by atoms with van der Waals surface area (Å²) < 4.78 is 0. The molecule has 0 N–H and O–H groups in total. The Bertz CT molecular complexity index is 1160. The van der Waals surface area contributed by atoms with E-state index in [4.69, 9.17) is 0 Å². The zero-order valence-electron chi connectivity index (χ0n) is 44.0. The summed E-state index contributed by atoms with van der Waals surface area (Å²) in [6.45, 7) is 53.8. The molecule has 0 heterocycles. The van der Waals surface area contributed by atoms with E-state index in [9.17, 15) is 0 Å². The normalized spacial score (nSPS) is 7.62. The van der Waals surface area contributed by atoms with Gasteiger partial charge in [0.2, 0.25) is 0 Å². The topological polar surface area (TPSA) is 0 Å². The lowest BCUT2D eigenvalue weighted by atomic mass is 10.0. The van der Waals surface area contributed by atoms with Gasteiger partial charge in [0.05, 0.1) is 0 Å². The molecule has 5 aromatic rings. The zero-order chi connectivity index (χ0) is 47.3. The third-order valence-corrected chi connectivity index (χ3v) is 7.05. The fourth-order valence-electron chi connectivity index (χ4n) is 3.48. The number of hydrogen-bond donors (Lipinski definition) is 0. The largest absolute Gasteiger partial charge is 0.0683 e. The second-order valence-corrected chi connectivity index (χ2v) is 11.8. The van der Waals surface area contributed by atoms with Crippen LogP contribution in [0.2, 0.25) is 0 Å². The van der Waals surface area contributed by atoms with Crippen molar-refractivity contribution in [1.29, 1.82) is 0 Å². The summed E-state index contributed by atoms with van der Waals surface area (Å²) in [5.41, 5.74) is 13.8. The smallest absolute Gasteiger partial charge is 0.0395 e. The van der Waals surface area contributed by atoms with Gasteiger partial charge in [0, 0.05) is 0 Å². The van der Waals surface area contributed by atoms with Crippen LogP contribution in [0.1, 0.15) is 179 Å². The first-order valence-electron chi connectivity index (χ1n) is 23.0. The van der Waals surface area contributed by atoms with E-state index in [-0.39, 0.29) is 0 Å². The van der Waals surface area contributed by atoms with Gasteiger partial charge < -0.3 is 0 Å². The Balaban J connectivity index is -0.0000000820. The third-order valence-electron chi connectivity index (χ3n) is 7.05. The molecule has 0 atom stereocenters. The standard InChI is InChI=1S/C10H14.3C8H10.C6H6.2C3H8.6C2H6/c1-7-5-9(3)10(4)6-8(7)2;3*1-7-5-3-4-6-8(7)2;1-2-4-6-5-3-1;2*1-3-2;6*1-2/h5-6H,1-4H3;3*3-6H,1-2H3;1-6H;2*3H2,1-2H3;6*1-2H3. The Morgan fingerprint density at radius 1 is 0.207 bits per heavy atom. The number of rotatable bonds is 0. The lowest BCUT2D eigenvalue weighted by Gasteiger charge is -2.04. The first kappa shape index (κ1) is 71.8. The van der Waals surface area contributed by atoms with E-state index in [0.717, 1.165) is 0 Å².